The molecule has 1 amide bonds. The first-order valence-corrected chi connectivity index (χ1v) is 7.39. The van der Waals surface area contributed by atoms with E-state index in [4.69, 9.17) is 10.5 Å². The molecule has 1 atom stereocenters. The van der Waals surface area contributed by atoms with Crippen LogP contribution < -0.4 is 15.8 Å². The normalized spacial score (nSPS) is 13.2. The van der Waals surface area contributed by atoms with Crippen molar-refractivity contribution in [3.05, 3.63) is 65.7 Å². The Labute approximate surface area is 131 Å². The Bertz CT molecular complexity index is 624. The fraction of sp³-hybridized carbons (Fsp3) is 0.278. The minimum Gasteiger partial charge on any atom is -0.494 e. The van der Waals surface area contributed by atoms with Gasteiger partial charge in [0.25, 0.3) is 0 Å². The van der Waals surface area contributed by atoms with Crippen molar-refractivity contribution in [3.8, 4) is 5.75 Å². The van der Waals surface area contributed by atoms with Gasteiger partial charge in [0, 0.05) is 12.1 Å². The number of nitrogens with two attached hydrogens (primary N) is 1. The third-order valence-corrected chi connectivity index (χ3v) is 3.56. The molecule has 0 radical (unpaired) electrons. The van der Waals surface area contributed by atoms with Gasteiger partial charge in [-0.2, -0.15) is 0 Å². The van der Waals surface area contributed by atoms with Gasteiger partial charge in [-0.25, -0.2) is 0 Å². The highest BCUT2D eigenvalue weighted by atomic mass is 16.5. The minimum absolute atomic E-state index is 0.218. The summed E-state index contributed by atoms with van der Waals surface area (Å²) in [4.78, 5) is 12.4. The molecule has 0 fully saturated rings. The van der Waals surface area contributed by atoms with Gasteiger partial charge in [-0.15, -0.1) is 0 Å². The van der Waals surface area contributed by atoms with Gasteiger partial charge in [-0.3, -0.25) is 4.79 Å². The van der Waals surface area contributed by atoms with Crippen LogP contribution in [0.5, 0.6) is 5.75 Å². The summed E-state index contributed by atoms with van der Waals surface area (Å²) in [5, 5.41) is 2.89. The Kier molecular flexibility index (Phi) is 5.17. The zero-order valence-corrected chi connectivity index (χ0v) is 13.0. The van der Waals surface area contributed by atoms with Gasteiger partial charge in [0.05, 0.1) is 6.61 Å². The maximum atomic E-state index is 12.4. The van der Waals surface area contributed by atoms with E-state index in [1.807, 2.05) is 61.5 Å². The molecule has 0 aliphatic heterocycles. The van der Waals surface area contributed by atoms with Crippen LogP contribution in [0.2, 0.25) is 0 Å². The second-order valence-corrected chi connectivity index (χ2v) is 5.29. The summed E-state index contributed by atoms with van der Waals surface area (Å²) in [6, 6.07) is 17.0. The van der Waals surface area contributed by atoms with Gasteiger partial charge < -0.3 is 15.8 Å². The highest BCUT2D eigenvalue weighted by Gasteiger charge is 2.30. The lowest BCUT2D eigenvalue weighted by Crippen LogP contribution is -2.48. The van der Waals surface area contributed by atoms with E-state index in [2.05, 4.69) is 5.32 Å². The molecule has 22 heavy (non-hydrogen) atoms. The molecule has 2 aromatic carbocycles. The summed E-state index contributed by atoms with van der Waals surface area (Å²) >= 11 is 0. The molecular weight excluding hydrogens is 276 g/mol. The molecule has 1 unspecified atom stereocenters. The van der Waals surface area contributed by atoms with Gasteiger partial charge in [0.1, 0.15) is 11.3 Å². The predicted molar refractivity (Wildman–Crippen MR) is 87.4 cm³/mol. The van der Waals surface area contributed by atoms with E-state index in [1.54, 1.807) is 6.92 Å². The number of amides is 1. The van der Waals surface area contributed by atoms with Crippen molar-refractivity contribution in [2.75, 3.05) is 6.61 Å². The molecule has 3 N–H and O–H groups in total. The number of benzene rings is 2. The molecule has 2 rings (SSSR count). The number of para-hydroxylation sites is 1. The van der Waals surface area contributed by atoms with Crippen LogP contribution in [0.25, 0.3) is 0 Å². The number of hydrogen-bond acceptors (Lipinski definition) is 3. The average Bonchev–Trinajstić information content (AvgIpc) is 2.55. The molecule has 0 spiro atoms. The molecule has 4 nitrogen and oxygen atoms in total. The molecular formula is C18H22N2O2. The van der Waals surface area contributed by atoms with Crippen LogP contribution in [0, 0.1) is 0 Å². The lowest BCUT2D eigenvalue weighted by Gasteiger charge is -2.24. The highest BCUT2D eigenvalue weighted by Crippen LogP contribution is 2.20. The maximum absolute atomic E-state index is 12.4. The lowest BCUT2D eigenvalue weighted by atomic mass is 9.92. The van der Waals surface area contributed by atoms with Gasteiger partial charge >= 0.3 is 0 Å². The van der Waals surface area contributed by atoms with Gasteiger partial charge in [0.2, 0.25) is 5.91 Å². The molecule has 0 aromatic heterocycles. The van der Waals surface area contributed by atoms with Gasteiger partial charge in [-0.05, 0) is 25.5 Å². The average molecular weight is 298 g/mol. The van der Waals surface area contributed by atoms with Crippen molar-refractivity contribution < 1.29 is 9.53 Å². The van der Waals surface area contributed by atoms with Crippen molar-refractivity contribution in [2.24, 2.45) is 5.73 Å². The summed E-state index contributed by atoms with van der Waals surface area (Å²) in [7, 11) is 0. The topological polar surface area (TPSA) is 64.3 Å². The number of rotatable bonds is 6. The molecule has 0 aliphatic carbocycles. The van der Waals surface area contributed by atoms with Crippen molar-refractivity contribution in [1.29, 1.82) is 0 Å². The van der Waals surface area contributed by atoms with Crippen LogP contribution in [0.15, 0.2) is 54.6 Å². The minimum atomic E-state index is -1.07. The van der Waals surface area contributed by atoms with Gasteiger partial charge in [0.15, 0.2) is 0 Å². The smallest absolute Gasteiger partial charge is 0.244 e. The molecule has 0 saturated heterocycles. The Morgan fingerprint density at radius 3 is 2.45 bits per heavy atom. The van der Waals surface area contributed by atoms with E-state index in [9.17, 15) is 4.79 Å². The monoisotopic (exact) mass is 298 g/mol. The predicted octanol–water partition coefficient (Wildman–Crippen LogP) is 2.58. The number of carbonyl (C=O) groups is 1. The van der Waals surface area contributed by atoms with Crippen molar-refractivity contribution in [3.63, 3.8) is 0 Å². The molecule has 2 aromatic rings. The maximum Gasteiger partial charge on any atom is 0.244 e. The van der Waals surface area contributed by atoms with E-state index in [0.717, 1.165) is 16.9 Å². The quantitative estimate of drug-likeness (QED) is 0.861. The number of carbonyl (C=O) groups excluding carboxylic acids is 1. The summed E-state index contributed by atoms with van der Waals surface area (Å²) in [6.07, 6.45) is 0. The SMILES string of the molecule is CCOc1ccccc1CNC(=O)C(C)(N)c1ccccc1. The second kappa shape index (κ2) is 7.09. The first-order chi connectivity index (χ1) is 10.6. The van der Waals surface area contributed by atoms with Crippen LogP contribution in [-0.4, -0.2) is 12.5 Å². The molecule has 4 heteroatoms. The zero-order chi connectivity index (χ0) is 16.0. The summed E-state index contributed by atoms with van der Waals surface area (Å²) in [5.74, 6) is 0.564. The van der Waals surface area contributed by atoms with Crippen LogP contribution in [0.3, 0.4) is 0 Å². The Morgan fingerprint density at radius 2 is 1.77 bits per heavy atom. The highest BCUT2D eigenvalue weighted by molar-refractivity contribution is 5.87. The van der Waals surface area contributed by atoms with Crippen LogP contribution >= 0.6 is 0 Å². The number of ether oxygens (including phenoxy) is 1. The standard InChI is InChI=1S/C18H22N2O2/c1-3-22-16-12-8-7-9-14(16)13-20-17(21)18(2,19)15-10-5-4-6-11-15/h4-12H,3,13,19H2,1-2H3,(H,20,21). The number of hydrogen-bond donors (Lipinski definition) is 2. The van der Waals surface area contributed by atoms with E-state index < -0.39 is 5.54 Å². The van der Waals surface area contributed by atoms with Gasteiger partial charge in [-0.1, -0.05) is 48.5 Å². The molecule has 0 aliphatic rings. The third kappa shape index (κ3) is 3.65. The van der Waals surface area contributed by atoms with Crippen LogP contribution in [-0.2, 0) is 16.9 Å². The summed E-state index contributed by atoms with van der Waals surface area (Å²) in [5.41, 5.74) is 6.85. The van der Waals surface area contributed by atoms with E-state index in [-0.39, 0.29) is 5.91 Å². The van der Waals surface area contributed by atoms with E-state index >= 15 is 0 Å². The number of nitrogens with one attached hydrogen (secondary N) is 1. The second-order valence-electron chi connectivity index (χ2n) is 5.29. The molecule has 116 valence electrons. The summed E-state index contributed by atoms with van der Waals surface area (Å²) in [6.45, 7) is 4.62. The largest absolute Gasteiger partial charge is 0.494 e. The van der Waals surface area contributed by atoms with Crippen molar-refractivity contribution in [1.82, 2.24) is 5.32 Å². The molecule has 0 bridgehead atoms. The van der Waals surface area contributed by atoms with Crippen molar-refractivity contribution in [2.45, 2.75) is 25.9 Å². The van der Waals surface area contributed by atoms with Crippen molar-refractivity contribution >= 4 is 5.91 Å². The molecule has 0 saturated carbocycles. The Hall–Kier alpha value is -2.33. The van der Waals surface area contributed by atoms with E-state index in [0.29, 0.717) is 13.2 Å². The first kappa shape index (κ1) is 16.0. The third-order valence-electron chi connectivity index (χ3n) is 3.56. The van der Waals surface area contributed by atoms with Crippen LogP contribution in [0.4, 0.5) is 0 Å². The fourth-order valence-corrected chi connectivity index (χ4v) is 2.22. The Morgan fingerprint density at radius 1 is 1.14 bits per heavy atom. The van der Waals surface area contributed by atoms with Crippen LogP contribution in [0.1, 0.15) is 25.0 Å². The van der Waals surface area contributed by atoms with E-state index in [1.165, 1.54) is 0 Å². The Balaban J connectivity index is 2.07. The first-order valence-electron chi connectivity index (χ1n) is 7.39. The molecule has 0 heterocycles. The lowest BCUT2D eigenvalue weighted by molar-refractivity contribution is -0.126. The summed E-state index contributed by atoms with van der Waals surface area (Å²) < 4.78 is 5.56. The fourth-order valence-electron chi connectivity index (χ4n) is 2.22. The zero-order valence-electron chi connectivity index (χ0n) is 13.0.